The van der Waals surface area contributed by atoms with E-state index in [4.69, 9.17) is 0 Å². The van der Waals surface area contributed by atoms with Gasteiger partial charge in [0.2, 0.25) is 0 Å². The van der Waals surface area contributed by atoms with Crippen molar-refractivity contribution in [1.82, 2.24) is 5.32 Å². The highest BCUT2D eigenvalue weighted by atomic mass is 79.9. The largest absolute Gasteiger partial charge is 0.462 e. The van der Waals surface area contributed by atoms with Crippen molar-refractivity contribution >= 4 is 28.0 Å². The van der Waals surface area contributed by atoms with Crippen LogP contribution in [0.2, 0.25) is 0 Å². The Hall–Kier alpha value is -0.820. The second-order valence-electron chi connectivity index (χ2n) is 2.33. The summed E-state index contributed by atoms with van der Waals surface area (Å²) >= 11 is 2.88. The summed E-state index contributed by atoms with van der Waals surface area (Å²) in [6, 6.07) is 0. The SMILES string of the molecule is CCOC(=O)C(O)(CBr)NC(=O)OC. The molecule has 0 fully saturated rings. The highest BCUT2D eigenvalue weighted by molar-refractivity contribution is 9.09. The van der Waals surface area contributed by atoms with Crippen molar-refractivity contribution < 1.29 is 24.2 Å². The van der Waals surface area contributed by atoms with Crippen molar-refractivity contribution in [2.45, 2.75) is 12.6 Å². The lowest BCUT2D eigenvalue weighted by Crippen LogP contribution is -2.56. The number of esters is 1. The molecular formula is C7H12BrNO5. The molecule has 0 aromatic rings. The van der Waals surface area contributed by atoms with Crippen molar-refractivity contribution in [1.29, 1.82) is 0 Å². The fourth-order valence-corrected chi connectivity index (χ4v) is 0.978. The lowest BCUT2D eigenvalue weighted by molar-refractivity contribution is -0.164. The van der Waals surface area contributed by atoms with Gasteiger partial charge >= 0.3 is 12.1 Å². The van der Waals surface area contributed by atoms with Crippen LogP contribution in [0.3, 0.4) is 0 Å². The van der Waals surface area contributed by atoms with E-state index in [9.17, 15) is 14.7 Å². The molecule has 0 aromatic heterocycles. The Bertz CT molecular complexity index is 222. The number of hydrogen-bond acceptors (Lipinski definition) is 5. The lowest BCUT2D eigenvalue weighted by Gasteiger charge is -2.23. The summed E-state index contributed by atoms with van der Waals surface area (Å²) in [7, 11) is 1.12. The molecule has 0 aliphatic rings. The van der Waals surface area contributed by atoms with Crippen LogP contribution in [0.15, 0.2) is 0 Å². The predicted octanol–water partition coefficient (Wildman–Crippen LogP) is -0.0110. The lowest BCUT2D eigenvalue weighted by atomic mass is 10.3. The molecule has 0 saturated carbocycles. The molecule has 14 heavy (non-hydrogen) atoms. The summed E-state index contributed by atoms with van der Waals surface area (Å²) in [4.78, 5) is 21.9. The highest BCUT2D eigenvalue weighted by Crippen LogP contribution is 2.07. The number of halogens is 1. The number of amides is 1. The molecule has 0 aliphatic carbocycles. The fourth-order valence-electron chi connectivity index (χ4n) is 0.609. The number of carbonyl (C=O) groups is 2. The van der Waals surface area contributed by atoms with Crippen LogP contribution in [0.5, 0.6) is 0 Å². The van der Waals surface area contributed by atoms with Gasteiger partial charge in [-0.25, -0.2) is 9.59 Å². The zero-order chi connectivity index (χ0) is 11.2. The van der Waals surface area contributed by atoms with Crippen molar-refractivity contribution in [3.05, 3.63) is 0 Å². The van der Waals surface area contributed by atoms with E-state index in [0.717, 1.165) is 7.11 Å². The van der Waals surface area contributed by atoms with E-state index >= 15 is 0 Å². The number of nitrogens with one attached hydrogen (secondary N) is 1. The van der Waals surface area contributed by atoms with E-state index in [0.29, 0.717) is 0 Å². The van der Waals surface area contributed by atoms with Gasteiger partial charge in [0, 0.05) is 0 Å². The second kappa shape index (κ2) is 5.82. The minimum absolute atomic E-state index is 0.108. The minimum Gasteiger partial charge on any atom is -0.462 e. The molecule has 0 aliphatic heterocycles. The van der Waals surface area contributed by atoms with E-state index in [2.05, 4.69) is 25.4 Å². The monoisotopic (exact) mass is 269 g/mol. The molecule has 6 nitrogen and oxygen atoms in total. The maximum Gasteiger partial charge on any atom is 0.409 e. The molecule has 0 rings (SSSR count). The maximum atomic E-state index is 11.2. The Balaban J connectivity index is 4.45. The van der Waals surface area contributed by atoms with Crippen molar-refractivity contribution in [2.24, 2.45) is 0 Å². The second-order valence-corrected chi connectivity index (χ2v) is 2.89. The Morgan fingerprint density at radius 3 is 2.50 bits per heavy atom. The van der Waals surface area contributed by atoms with Crippen LogP contribution in [0, 0.1) is 0 Å². The summed E-state index contributed by atoms with van der Waals surface area (Å²) in [6.45, 7) is 1.70. The molecule has 0 radical (unpaired) electrons. The van der Waals surface area contributed by atoms with Crippen molar-refractivity contribution in [3.8, 4) is 0 Å². The molecule has 82 valence electrons. The van der Waals surface area contributed by atoms with Gasteiger partial charge in [0.1, 0.15) is 0 Å². The van der Waals surface area contributed by atoms with Crippen molar-refractivity contribution in [2.75, 3.05) is 19.0 Å². The summed E-state index contributed by atoms with van der Waals surface area (Å²) in [5, 5.41) is 11.4. The van der Waals surface area contributed by atoms with Gasteiger partial charge in [0.15, 0.2) is 0 Å². The van der Waals surface area contributed by atoms with Crippen LogP contribution >= 0.6 is 15.9 Å². The van der Waals surface area contributed by atoms with Gasteiger partial charge in [-0.15, -0.1) is 0 Å². The van der Waals surface area contributed by atoms with Crippen LogP contribution in [0.4, 0.5) is 4.79 Å². The van der Waals surface area contributed by atoms with E-state index in [-0.39, 0.29) is 11.9 Å². The van der Waals surface area contributed by atoms with Gasteiger partial charge < -0.3 is 14.6 Å². The molecule has 0 spiro atoms. The summed E-state index contributed by atoms with van der Waals surface area (Å²) in [5.41, 5.74) is -2.09. The van der Waals surface area contributed by atoms with Gasteiger partial charge in [0.25, 0.3) is 5.72 Å². The summed E-state index contributed by atoms with van der Waals surface area (Å²) in [5.74, 6) is -0.942. The van der Waals surface area contributed by atoms with Crippen LogP contribution in [0.25, 0.3) is 0 Å². The number of carbonyl (C=O) groups excluding carboxylic acids is 2. The molecule has 0 aromatic carbocycles. The van der Waals surface area contributed by atoms with Gasteiger partial charge in [-0.3, -0.25) is 5.32 Å². The molecule has 0 heterocycles. The normalized spacial score (nSPS) is 14.0. The van der Waals surface area contributed by atoms with E-state index in [1.165, 1.54) is 0 Å². The first-order valence-corrected chi connectivity index (χ1v) is 4.94. The molecule has 0 saturated heterocycles. The smallest absolute Gasteiger partial charge is 0.409 e. The predicted molar refractivity (Wildman–Crippen MR) is 50.9 cm³/mol. The van der Waals surface area contributed by atoms with E-state index in [1.54, 1.807) is 6.92 Å². The van der Waals surface area contributed by atoms with Gasteiger partial charge in [-0.2, -0.15) is 0 Å². The van der Waals surface area contributed by atoms with Gasteiger partial charge in [-0.1, -0.05) is 15.9 Å². The molecule has 1 amide bonds. The number of alkyl carbamates (subject to hydrolysis) is 1. The van der Waals surface area contributed by atoms with Crippen LogP contribution in [-0.4, -0.2) is 41.9 Å². The summed E-state index contributed by atoms with van der Waals surface area (Å²) in [6.07, 6.45) is -0.917. The van der Waals surface area contributed by atoms with Gasteiger partial charge in [0.05, 0.1) is 19.0 Å². The number of rotatable bonds is 4. The minimum atomic E-state index is -2.09. The molecule has 7 heteroatoms. The number of hydrogen-bond donors (Lipinski definition) is 2. The molecule has 0 bridgehead atoms. The Morgan fingerprint density at radius 2 is 2.14 bits per heavy atom. The number of ether oxygens (including phenoxy) is 2. The zero-order valence-corrected chi connectivity index (χ0v) is 9.46. The van der Waals surface area contributed by atoms with Crippen LogP contribution in [0.1, 0.15) is 6.92 Å². The number of aliphatic hydroxyl groups is 1. The first-order valence-electron chi connectivity index (χ1n) is 3.81. The Morgan fingerprint density at radius 1 is 1.57 bits per heavy atom. The Labute approximate surface area is 89.7 Å². The number of methoxy groups -OCH3 is 1. The van der Waals surface area contributed by atoms with E-state index in [1.807, 2.05) is 5.32 Å². The van der Waals surface area contributed by atoms with Crippen molar-refractivity contribution in [3.63, 3.8) is 0 Å². The highest BCUT2D eigenvalue weighted by Gasteiger charge is 2.38. The molecule has 1 unspecified atom stereocenters. The van der Waals surface area contributed by atoms with Gasteiger partial charge in [-0.05, 0) is 6.92 Å². The standard InChI is InChI=1S/C7H12BrNO5/c1-3-14-5(10)7(12,4-8)9-6(11)13-2/h12H,3-4H2,1-2H3,(H,9,11). The molecule has 2 N–H and O–H groups in total. The third-order valence-corrected chi connectivity index (χ3v) is 2.11. The Kier molecular flexibility index (Phi) is 5.47. The van der Waals surface area contributed by atoms with Crippen LogP contribution < -0.4 is 5.32 Å². The molecular weight excluding hydrogens is 258 g/mol. The van der Waals surface area contributed by atoms with E-state index < -0.39 is 17.8 Å². The topological polar surface area (TPSA) is 84.9 Å². The maximum absolute atomic E-state index is 11.2. The average Bonchev–Trinajstić information content (AvgIpc) is 2.17. The summed E-state index contributed by atoms with van der Waals surface area (Å²) < 4.78 is 8.79. The third kappa shape index (κ3) is 3.51. The quantitative estimate of drug-likeness (QED) is 0.426. The van der Waals surface area contributed by atoms with Crippen LogP contribution in [-0.2, 0) is 14.3 Å². The molecule has 1 atom stereocenters. The number of alkyl halides is 1. The first kappa shape index (κ1) is 13.2. The first-order chi connectivity index (χ1) is 6.50. The third-order valence-electron chi connectivity index (χ3n) is 1.30. The average molecular weight is 270 g/mol. The zero-order valence-electron chi connectivity index (χ0n) is 7.87. The fraction of sp³-hybridized carbons (Fsp3) is 0.714.